The smallest absolute Gasteiger partial charge is 0.119 e. The Hall–Kier alpha value is -1.23. The molecular weight excluding hydrogens is 373 g/mol. The van der Waals surface area contributed by atoms with Crippen LogP contribution in [-0.2, 0) is 6.54 Å². The Morgan fingerprint density at radius 2 is 1.86 bits per heavy atom. The van der Waals surface area contributed by atoms with Gasteiger partial charge < -0.3 is 10.1 Å². The lowest BCUT2D eigenvalue weighted by atomic mass is 10.1. The fourth-order valence-corrected chi connectivity index (χ4v) is 2.71. The molecule has 1 N–H and O–H groups in total. The van der Waals surface area contributed by atoms with Crippen molar-refractivity contribution in [3.8, 4) is 5.75 Å². The van der Waals surface area contributed by atoms with Crippen LogP contribution in [0.5, 0.6) is 5.75 Å². The van der Waals surface area contributed by atoms with Crippen LogP contribution in [-0.4, -0.2) is 6.61 Å². The van der Waals surface area contributed by atoms with Gasteiger partial charge in [0.05, 0.1) is 6.61 Å². The lowest BCUT2D eigenvalue weighted by Gasteiger charge is -2.11. The molecule has 3 heteroatoms. The highest BCUT2D eigenvalue weighted by molar-refractivity contribution is 14.1. The van der Waals surface area contributed by atoms with E-state index in [1.165, 1.54) is 20.4 Å². The van der Waals surface area contributed by atoms with Crippen molar-refractivity contribution >= 4 is 28.3 Å². The molecule has 2 aromatic carbocycles. The first kappa shape index (κ1) is 16.1. The largest absolute Gasteiger partial charge is 0.494 e. The first-order valence-electron chi connectivity index (χ1n) is 7.41. The second kappa shape index (κ2) is 8.27. The number of ether oxygens (including phenoxy) is 1. The van der Waals surface area contributed by atoms with Crippen LogP contribution < -0.4 is 10.1 Å². The van der Waals surface area contributed by atoms with E-state index >= 15 is 0 Å². The average molecular weight is 395 g/mol. The zero-order valence-electron chi connectivity index (χ0n) is 12.7. The van der Waals surface area contributed by atoms with Gasteiger partial charge in [0.1, 0.15) is 5.75 Å². The molecule has 0 aliphatic heterocycles. The number of anilines is 1. The Labute approximate surface area is 141 Å². The summed E-state index contributed by atoms with van der Waals surface area (Å²) in [5.41, 5.74) is 3.73. The van der Waals surface area contributed by atoms with Crippen LogP contribution in [0.4, 0.5) is 5.69 Å². The van der Waals surface area contributed by atoms with Crippen LogP contribution in [0.25, 0.3) is 0 Å². The topological polar surface area (TPSA) is 21.3 Å². The summed E-state index contributed by atoms with van der Waals surface area (Å²) in [4.78, 5) is 0. The van der Waals surface area contributed by atoms with Gasteiger partial charge in [0.2, 0.25) is 0 Å². The molecule has 0 aromatic heterocycles. The molecule has 0 amide bonds. The van der Waals surface area contributed by atoms with Crippen molar-refractivity contribution in [2.45, 2.75) is 33.2 Å². The van der Waals surface area contributed by atoms with E-state index in [4.69, 9.17) is 4.74 Å². The minimum atomic E-state index is 0.802. The van der Waals surface area contributed by atoms with Gasteiger partial charge in [-0.2, -0.15) is 0 Å². The van der Waals surface area contributed by atoms with Gasteiger partial charge in [0, 0.05) is 15.8 Å². The molecule has 112 valence electrons. The summed E-state index contributed by atoms with van der Waals surface area (Å²) in [6.07, 6.45) is 2.27. The number of nitrogens with one attached hydrogen (secondary N) is 1. The van der Waals surface area contributed by atoms with E-state index in [0.29, 0.717) is 0 Å². The summed E-state index contributed by atoms with van der Waals surface area (Å²) in [6.45, 7) is 5.94. The number of aryl methyl sites for hydroxylation is 1. The van der Waals surface area contributed by atoms with Crippen molar-refractivity contribution in [3.05, 3.63) is 57.2 Å². The molecule has 0 saturated carbocycles. The molecule has 21 heavy (non-hydrogen) atoms. The third kappa shape index (κ3) is 5.23. The predicted molar refractivity (Wildman–Crippen MR) is 98.1 cm³/mol. The highest BCUT2D eigenvalue weighted by Gasteiger charge is 2.00. The van der Waals surface area contributed by atoms with Gasteiger partial charge >= 0.3 is 0 Å². The second-order valence-electron chi connectivity index (χ2n) is 5.16. The van der Waals surface area contributed by atoms with Crippen LogP contribution in [0.1, 0.15) is 30.9 Å². The fraction of sp³-hybridized carbons (Fsp3) is 0.333. The molecule has 2 aromatic rings. The molecule has 2 nitrogen and oxygen atoms in total. The minimum absolute atomic E-state index is 0.802. The number of halogens is 1. The van der Waals surface area contributed by atoms with Gasteiger partial charge in [-0.05, 0) is 77.4 Å². The first-order valence-corrected chi connectivity index (χ1v) is 8.48. The van der Waals surface area contributed by atoms with Crippen molar-refractivity contribution in [1.82, 2.24) is 0 Å². The molecular formula is C18H22INO. The average Bonchev–Trinajstić information content (AvgIpc) is 2.48. The molecule has 2 rings (SSSR count). The van der Waals surface area contributed by atoms with Crippen LogP contribution >= 0.6 is 22.6 Å². The van der Waals surface area contributed by atoms with Gasteiger partial charge in [-0.3, -0.25) is 0 Å². The highest BCUT2D eigenvalue weighted by atomic mass is 127. The van der Waals surface area contributed by atoms with E-state index in [1.807, 2.05) is 12.1 Å². The number of hydrogen-bond acceptors (Lipinski definition) is 2. The molecule has 0 bridgehead atoms. The maximum atomic E-state index is 5.68. The summed E-state index contributed by atoms with van der Waals surface area (Å²) in [5.74, 6) is 0.956. The second-order valence-corrected chi connectivity index (χ2v) is 6.40. The standard InChI is InChI=1S/C18H22INO/c1-3-4-11-21-17-8-5-15(6-9-17)13-20-18-10-7-16(19)12-14(18)2/h5-10,12,20H,3-4,11,13H2,1-2H3. The Bertz CT molecular complexity index is 566. The first-order chi connectivity index (χ1) is 10.2. The van der Waals surface area contributed by atoms with E-state index in [1.54, 1.807) is 0 Å². The van der Waals surface area contributed by atoms with Gasteiger partial charge in [0.25, 0.3) is 0 Å². The molecule has 0 fully saturated rings. The number of hydrogen-bond donors (Lipinski definition) is 1. The van der Waals surface area contributed by atoms with Crippen LogP contribution in [0.3, 0.4) is 0 Å². The lowest BCUT2D eigenvalue weighted by molar-refractivity contribution is 0.309. The molecule has 0 aliphatic rings. The van der Waals surface area contributed by atoms with E-state index in [-0.39, 0.29) is 0 Å². The van der Waals surface area contributed by atoms with Crippen molar-refractivity contribution in [2.24, 2.45) is 0 Å². The van der Waals surface area contributed by atoms with Crippen LogP contribution in [0.15, 0.2) is 42.5 Å². The molecule has 0 radical (unpaired) electrons. The zero-order chi connectivity index (χ0) is 15.1. The number of unbranched alkanes of at least 4 members (excludes halogenated alkanes) is 1. The molecule has 0 heterocycles. The summed E-state index contributed by atoms with van der Waals surface area (Å²) < 4.78 is 6.94. The molecule has 0 saturated heterocycles. The highest BCUT2D eigenvalue weighted by Crippen LogP contribution is 2.19. The van der Waals surface area contributed by atoms with Gasteiger partial charge in [-0.15, -0.1) is 0 Å². The Balaban J connectivity index is 1.88. The van der Waals surface area contributed by atoms with Crippen molar-refractivity contribution in [3.63, 3.8) is 0 Å². The number of rotatable bonds is 7. The number of benzene rings is 2. The summed E-state index contributed by atoms with van der Waals surface area (Å²) in [5, 5.41) is 3.48. The third-order valence-corrected chi connectivity index (χ3v) is 4.03. The zero-order valence-corrected chi connectivity index (χ0v) is 14.8. The van der Waals surface area contributed by atoms with Crippen LogP contribution in [0, 0.1) is 10.5 Å². The predicted octanol–water partition coefficient (Wildman–Crippen LogP) is 5.39. The Morgan fingerprint density at radius 3 is 2.52 bits per heavy atom. The lowest BCUT2D eigenvalue weighted by Crippen LogP contribution is -2.01. The maximum Gasteiger partial charge on any atom is 0.119 e. The monoisotopic (exact) mass is 395 g/mol. The normalized spacial score (nSPS) is 10.4. The SMILES string of the molecule is CCCCOc1ccc(CNc2ccc(I)cc2C)cc1. The van der Waals surface area contributed by atoms with E-state index in [2.05, 4.69) is 72.1 Å². The van der Waals surface area contributed by atoms with E-state index < -0.39 is 0 Å². The van der Waals surface area contributed by atoms with E-state index in [9.17, 15) is 0 Å². The van der Waals surface area contributed by atoms with Crippen LogP contribution in [0.2, 0.25) is 0 Å². The summed E-state index contributed by atoms with van der Waals surface area (Å²) in [6, 6.07) is 14.8. The maximum absolute atomic E-state index is 5.68. The van der Waals surface area contributed by atoms with Gasteiger partial charge in [-0.25, -0.2) is 0 Å². The van der Waals surface area contributed by atoms with Crippen molar-refractivity contribution in [1.29, 1.82) is 0 Å². The molecule has 0 unspecified atom stereocenters. The third-order valence-electron chi connectivity index (χ3n) is 3.36. The summed E-state index contributed by atoms with van der Waals surface area (Å²) >= 11 is 2.34. The Kier molecular flexibility index (Phi) is 6.36. The van der Waals surface area contributed by atoms with E-state index in [0.717, 1.165) is 31.7 Å². The molecule has 0 aliphatic carbocycles. The minimum Gasteiger partial charge on any atom is -0.494 e. The fourth-order valence-electron chi connectivity index (χ4n) is 2.06. The molecule has 0 atom stereocenters. The van der Waals surface area contributed by atoms with Crippen molar-refractivity contribution in [2.75, 3.05) is 11.9 Å². The quantitative estimate of drug-likeness (QED) is 0.501. The summed E-state index contributed by atoms with van der Waals surface area (Å²) in [7, 11) is 0. The van der Waals surface area contributed by atoms with Gasteiger partial charge in [0.15, 0.2) is 0 Å². The Morgan fingerprint density at radius 1 is 1.10 bits per heavy atom. The molecule has 0 spiro atoms. The van der Waals surface area contributed by atoms with Crippen molar-refractivity contribution < 1.29 is 4.74 Å². The van der Waals surface area contributed by atoms with Gasteiger partial charge in [-0.1, -0.05) is 25.5 Å².